The Morgan fingerprint density at radius 3 is 2.50 bits per heavy atom. The summed E-state index contributed by atoms with van der Waals surface area (Å²) in [6, 6.07) is 6.84. The molecule has 0 saturated heterocycles. The third-order valence-electron chi connectivity index (χ3n) is 1.92. The van der Waals surface area contributed by atoms with Gasteiger partial charge < -0.3 is 10.1 Å². The molecular formula is C11H12BrNO3. The van der Waals surface area contributed by atoms with Gasteiger partial charge in [0.2, 0.25) is 5.91 Å². The SMILES string of the molecule is CNC(=O)CCOC(=O)c1ccc(Br)cc1. The molecule has 0 aliphatic rings. The van der Waals surface area contributed by atoms with Crippen molar-refractivity contribution in [1.29, 1.82) is 0 Å². The smallest absolute Gasteiger partial charge is 0.338 e. The van der Waals surface area contributed by atoms with Gasteiger partial charge in [-0.3, -0.25) is 4.79 Å². The van der Waals surface area contributed by atoms with Gasteiger partial charge >= 0.3 is 5.97 Å². The van der Waals surface area contributed by atoms with E-state index < -0.39 is 5.97 Å². The molecule has 0 saturated carbocycles. The van der Waals surface area contributed by atoms with Gasteiger partial charge in [0, 0.05) is 11.5 Å². The van der Waals surface area contributed by atoms with Crippen molar-refractivity contribution in [3.05, 3.63) is 34.3 Å². The number of esters is 1. The first-order valence-electron chi connectivity index (χ1n) is 4.76. The van der Waals surface area contributed by atoms with Gasteiger partial charge in [-0.15, -0.1) is 0 Å². The van der Waals surface area contributed by atoms with Gasteiger partial charge in [0.05, 0.1) is 12.0 Å². The van der Waals surface area contributed by atoms with Gasteiger partial charge in [-0.05, 0) is 24.3 Å². The highest BCUT2D eigenvalue weighted by molar-refractivity contribution is 9.10. The molecule has 1 aromatic rings. The molecule has 1 amide bonds. The summed E-state index contributed by atoms with van der Waals surface area (Å²) in [4.78, 5) is 22.3. The standard InChI is InChI=1S/C11H12BrNO3/c1-13-10(14)6-7-16-11(15)8-2-4-9(12)5-3-8/h2-5H,6-7H2,1H3,(H,13,14). The molecule has 0 fully saturated rings. The summed E-state index contributed by atoms with van der Waals surface area (Å²) in [7, 11) is 1.54. The van der Waals surface area contributed by atoms with Crippen LogP contribution in [0.15, 0.2) is 28.7 Å². The van der Waals surface area contributed by atoms with Crippen LogP contribution in [0.3, 0.4) is 0 Å². The Morgan fingerprint density at radius 1 is 1.31 bits per heavy atom. The van der Waals surface area contributed by atoms with Crippen LogP contribution in [0.1, 0.15) is 16.8 Å². The fourth-order valence-electron chi connectivity index (χ4n) is 1.03. The number of benzene rings is 1. The van der Waals surface area contributed by atoms with Crippen LogP contribution >= 0.6 is 15.9 Å². The molecule has 0 bridgehead atoms. The van der Waals surface area contributed by atoms with E-state index in [1.165, 1.54) is 0 Å². The van der Waals surface area contributed by atoms with E-state index in [2.05, 4.69) is 21.2 Å². The maximum absolute atomic E-state index is 11.5. The summed E-state index contributed by atoms with van der Waals surface area (Å²) < 4.78 is 5.82. The molecule has 5 heteroatoms. The number of halogens is 1. The maximum atomic E-state index is 11.5. The second-order valence-electron chi connectivity index (χ2n) is 3.07. The van der Waals surface area contributed by atoms with Crippen LogP contribution in [0.25, 0.3) is 0 Å². The van der Waals surface area contributed by atoms with Crippen molar-refractivity contribution in [3.63, 3.8) is 0 Å². The first-order chi connectivity index (χ1) is 7.63. The molecule has 0 radical (unpaired) electrons. The lowest BCUT2D eigenvalue weighted by Crippen LogP contribution is -2.20. The zero-order valence-corrected chi connectivity index (χ0v) is 10.4. The number of rotatable bonds is 4. The van der Waals surface area contributed by atoms with Crippen molar-refractivity contribution in [3.8, 4) is 0 Å². The fourth-order valence-corrected chi connectivity index (χ4v) is 1.30. The van der Waals surface area contributed by atoms with Gasteiger partial charge in [0.15, 0.2) is 0 Å². The third-order valence-corrected chi connectivity index (χ3v) is 2.45. The predicted molar refractivity (Wildman–Crippen MR) is 63.1 cm³/mol. The zero-order chi connectivity index (χ0) is 12.0. The van der Waals surface area contributed by atoms with Crippen molar-refractivity contribution in [2.75, 3.05) is 13.7 Å². The summed E-state index contributed by atoms with van der Waals surface area (Å²) in [5, 5.41) is 2.45. The highest BCUT2D eigenvalue weighted by Gasteiger charge is 2.07. The molecule has 1 rings (SSSR count). The summed E-state index contributed by atoms with van der Waals surface area (Å²) in [5.74, 6) is -0.569. The lowest BCUT2D eigenvalue weighted by molar-refractivity contribution is -0.121. The van der Waals surface area contributed by atoms with Crippen LogP contribution in [-0.2, 0) is 9.53 Å². The van der Waals surface area contributed by atoms with Crippen LogP contribution in [0.4, 0.5) is 0 Å². The number of nitrogens with one attached hydrogen (secondary N) is 1. The number of carbonyl (C=O) groups excluding carboxylic acids is 2. The largest absolute Gasteiger partial charge is 0.462 e. The molecule has 0 aromatic heterocycles. The Hall–Kier alpha value is -1.36. The minimum Gasteiger partial charge on any atom is -0.462 e. The van der Waals surface area contributed by atoms with Crippen molar-refractivity contribution < 1.29 is 14.3 Å². The minimum absolute atomic E-state index is 0.0918. The van der Waals surface area contributed by atoms with Gasteiger partial charge in [-0.1, -0.05) is 15.9 Å². The first kappa shape index (κ1) is 12.7. The van der Waals surface area contributed by atoms with Crippen molar-refractivity contribution in [2.24, 2.45) is 0 Å². The molecule has 0 atom stereocenters. The number of hydrogen-bond acceptors (Lipinski definition) is 3. The van der Waals surface area contributed by atoms with Gasteiger partial charge in [-0.25, -0.2) is 4.79 Å². The van der Waals surface area contributed by atoms with Crippen molar-refractivity contribution in [1.82, 2.24) is 5.32 Å². The van der Waals surface area contributed by atoms with Crippen LogP contribution in [0, 0.1) is 0 Å². The highest BCUT2D eigenvalue weighted by atomic mass is 79.9. The summed E-state index contributed by atoms with van der Waals surface area (Å²) in [6.45, 7) is 0.0918. The van der Waals surface area contributed by atoms with Gasteiger partial charge in [-0.2, -0.15) is 0 Å². The topological polar surface area (TPSA) is 55.4 Å². The van der Waals surface area contributed by atoms with Crippen molar-refractivity contribution >= 4 is 27.8 Å². The zero-order valence-electron chi connectivity index (χ0n) is 8.83. The van der Waals surface area contributed by atoms with E-state index in [1.807, 2.05) is 0 Å². The van der Waals surface area contributed by atoms with E-state index in [9.17, 15) is 9.59 Å². The second-order valence-corrected chi connectivity index (χ2v) is 3.98. The minimum atomic E-state index is -0.420. The molecule has 1 N–H and O–H groups in total. The molecule has 0 aliphatic heterocycles. The van der Waals surface area contributed by atoms with E-state index in [4.69, 9.17) is 4.74 Å². The van der Waals surface area contributed by atoms with Crippen LogP contribution < -0.4 is 5.32 Å². The van der Waals surface area contributed by atoms with Crippen LogP contribution in [0.5, 0.6) is 0 Å². The summed E-state index contributed by atoms with van der Waals surface area (Å²) in [6.07, 6.45) is 0.179. The third kappa shape index (κ3) is 4.02. The lowest BCUT2D eigenvalue weighted by Gasteiger charge is -2.04. The molecule has 16 heavy (non-hydrogen) atoms. The van der Waals surface area contributed by atoms with Crippen LogP contribution in [-0.4, -0.2) is 25.5 Å². The molecule has 0 spiro atoms. The Balaban J connectivity index is 2.41. The van der Waals surface area contributed by atoms with E-state index in [0.29, 0.717) is 5.56 Å². The quantitative estimate of drug-likeness (QED) is 0.858. The van der Waals surface area contributed by atoms with Crippen LogP contribution in [0.2, 0.25) is 0 Å². The van der Waals surface area contributed by atoms with Gasteiger partial charge in [0.1, 0.15) is 6.61 Å². The van der Waals surface area contributed by atoms with E-state index >= 15 is 0 Å². The van der Waals surface area contributed by atoms with E-state index in [1.54, 1.807) is 31.3 Å². The molecule has 0 aliphatic carbocycles. The monoisotopic (exact) mass is 285 g/mol. The Morgan fingerprint density at radius 2 is 1.94 bits per heavy atom. The fraction of sp³-hybridized carbons (Fsp3) is 0.273. The molecule has 0 unspecified atom stereocenters. The van der Waals surface area contributed by atoms with E-state index in [-0.39, 0.29) is 18.9 Å². The predicted octanol–water partition coefficient (Wildman–Crippen LogP) is 1.74. The number of amides is 1. The number of ether oxygens (including phenoxy) is 1. The molecule has 4 nitrogen and oxygen atoms in total. The molecule has 1 aromatic carbocycles. The Kier molecular flexibility index (Phi) is 4.98. The number of carbonyl (C=O) groups is 2. The average Bonchev–Trinajstić information content (AvgIpc) is 2.29. The van der Waals surface area contributed by atoms with Crippen molar-refractivity contribution in [2.45, 2.75) is 6.42 Å². The molecule has 86 valence electrons. The van der Waals surface area contributed by atoms with E-state index in [0.717, 1.165) is 4.47 Å². The molecular weight excluding hydrogens is 274 g/mol. The lowest BCUT2D eigenvalue weighted by atomic mass is 10.2. The average molecular weight is 286 g/mol. The molecule has 0 heterocycles. The van der Waals surface area contributed by atoms with Gasteiger partial charge in [0.25, 0.3) is 0 Å². The second kappa shape index (κ2) is 6.27. The maximum Gasteiger partial charge on any atom is 0.338 e. The summed E-state index contributed by atoms with van der Waals surface area (Å²) >= 11 is 3.27. The number of hydrogen-bond donors (Lipinski definition) is 1. The Labute approximate surface area is 102 Å². The normalized spacial score (nSPS) is 9.62. The highest BCUT2D eigenvalue weighted by Crippen LogP contribution is 2.11. The first-order valence-corrected chi connectivity index (χ1v) is 5.56. The Bertz CT molecular complexity index is 375. The summed E-state index contributed by atoms with van der Waals surface area (Å²) in [5.41, 5.74) is 0.472.